The number of alkyl halides is 3. The minimum absolute atomic E-state index is 0.0139. The minimum atomic E-state index is -5.08. The smallest absolute Gasteiger partial charge is 0.489 e. The first-order chi connectivity index (χ1) is 24.0. The number of nitrogens with zero attached hydrogens (tertiary/aromatic N) is 4. The Kier molecular flexibility index (Phi) is 12.1. The summed E-state index contributed by atoms with van der Waals surface area (Å²) >= 11 is 6.65. The molecule has 0 bridgehead atoms. The Hall–Kier alpha value is -4.92. The zero-order valence-electron chi connectivity index (χ0n) is 27.0. The number of aromatic nitrogens is 3. The molecule has 3 aliphatic rings. The summed E-state index contributed by atoms with van der Waals surface area (Å²) in [5.74, 6) is -0.575. The second-order valence-electron chi connectivity index (χ2n) is 12.0. The van der Waals surface area contributed by atoms with Crippen molar-refractivity contribution >= 4 is 52.8 Å². The lowest BCUT2D eigenvalue weighted by atomic mass is 10.0. The Morgan fingerprint density at radius 3 is 2.44 bits per heavy atom. The summed E-state index contributed by atoms with van der Waals surface area (Å²) in [6.07, 6.45) is 6.45. The van der Waals surface area contributed by atoms with Gasteiger partial charge in [0.05, 0.1) is 22.8 Å². The summed E-state index contributed by atoms with van der Waals surface area (Å²) in [6.45, 7) is 2.36. The quantitative estimate of drug-likeness (QED) is 0.219. The third kappa shape index (κ3) is 9.83. The number of halogens is 4. The molecule has 2 aliphatic heterocycles. The molecule has 0 atom stereocenters. The number of carbonyl (C=O) groups is 3. The normalized spacial score (nSPS) is 16.5. The molecule has 4 heterocycles. The summed E-state index contributed by atoms with van der Waals surface area (Å²) in [5.41, 5.74) is 2.84. The van der Waals surface area contributed by atoms with Crippen molar-refractivity contribution in [3.05, 3.63) is 70.8 Å². The van der Waals surface area contributed by atoms with Gasteiger partial charge in [0.25, 0.3) is 0 Å². The van der Waals surface area contributed by atoms with E-state index in [-0.39, 0.29) is 17.9 Å². The monoisotopic (exact) mass is 715 g/mol. The van der Waals surface area contributed by atoms with Crippen molar-refractivity contribution in [2.24, 2.45) is 5.92 Å². The summed E-state index contributed by atoms with van der Waals surface area (Å²) in [7, 11) is 0. The fourth-order valence-electron chi connectivity index (χ4n) is 5.92. The van der Waals surface area contributed by atoms with Crippen molar-refractivity contribution < 1.29 is 37.4 Å². The van der Waals surface area contributed by atoms with Gasteiger partial charge in [0.2, 0.25) is 11.8 Å². The average molecular weight is 716 g/mol. The lowest BCUT2D eigenvalue weighted by Crippen LogP contribution is -2.44. The number of anilines is 3. The highest BCUT2D eigenvalue weighted by Gasteiger charge is 2.38. The number of likely N-dealkylation sites (tertiary alicyclic amines) is 1. The molecular weight excluding hydrogens is 679 g/mol. The molecule has 16 heteroatoms. The van der Waals surface area contributed by atoms with E-state index in [0.717, 1.165) is 63.0 Å². The van der Waals surface area contributed by atoms with E-state index in [1.165, 1.54) is 6.33 Å². The van der Waals surface area contributed by atoms with Crippen molar-refractivity contribution in [2.45, 2.75) is 63.8 Å². The average Bonchev–Trinajstić information content (AvgIpc) is 3.55. The molecule has 6 rings (SSSR count). The van der Waals surface area contributed by atoms with Crippen molar-refractivity contribution in [3.63, 3.8) is 0 Å². The Morgan fingerprint density at radius 2 is 1.78 bits per heavy atom. The van der Waals surface area contributed by atoms with Crippen LogP contribution in [0.2, 0.25) is 5.02 Å². The highest BCUT2D eigenvalue weighted by molar-refractivity contribution is 6.32. The molecule has 266 valence electrons. The van der Waals surface area contributed by atoms with E-state index in [2.05, 4.69) is 30.9 Å². The summed E-state index contributed by atoms with van der Waals surface area (Å²) in [5, 5.41) is 17.2. The Balaban J connectivity index is 0.000000630. The van der Waals surface area contributed by atoms with E-state index in [9.17, 15) is 22.8 Å². The van der Waals surface area contributed by atoms with Gasteiger partial charge in [0, 0.05) is 55.9 Å². The van der Waals surface area contributed by atoms with Gasteiger partial charge < -0.3 is 30.7 Å². The van der Waals surface area contributed by atoms with Gasteiger partial charge in [-0.1, -0.05) is 30.5 Å². The van der Waals surface area contributed by atoms with Crippen molar-refractivity contribution in [1.29, 1.82) is 0 Å². The number of piperidine rings is 1. The fraction of sp³-hybridized carbons (Fsp3) is 0.412. The molecule has 0 spiro atoms. The number of nitrogens with one attached hydrogen (secondary N) is 3. The number of pyridine rings is 1. The molecule has 1 saturated heterocycles. The molecule has 12 nitrogen and oxygen atoms in total. The second-order valence-corrected chi connectivity index (χ2v) is 12.4. The standard InChI is InChI=1S/C32H36ClN7O3.C2HF3O2/c33-27-18-23(8-9-28(27)43-25-11-15-40(16-12-25)32(42)21-5-1-2-6-21)39-30-26-17-22(10-14-35-29(26)37-20-38-30)31(41)36-19-24-7-3-4-13-34-24;3-2(4,5)1(6)7/h3-4,7-9,13,17-18,20-21,25H,1-2,5-6,10-12,14-16,19H2,(H,36,41)(H2,35,37,38,39);(H,6,7). The zero-order valence-corrected chi connectivity index (χ0v) is 27.8. The van der Waals surface area contributed by atoms with Crippen LogP contribution in [0.15, 0.2) is 54.5 Å². The van der Waals surface area contributed by atoms with E-state index < -0.39 is 12.1 Å². The number of carboxylic acids is 1. The van der Waals surface area contributed by atoms with E-state index in [4.69, 9.17) is 26.2 Å². The van der Waals surface area contributed by atoms with Crippen molar-refractivity contribution in [3.8, 4) is 5.75 Å². The number of ether oxygens (including phenoxy) is 1. The number of benzene rings is 1. The van der Waals surface area contributed by atoms with Gasteiger partial charge >= 0.3 is 12.1 Å². The fourth-order valence-corrected chi connectivity index (χ4v) is 6.14. The Labute approximate surface area is 291 Å². The van der Waals surface area contributed by atoms with Crippen LogP contribution in [0.5, 0.6) is 5.75 Å². The van der Waals surface area contributed by atoms with Gasteiger partial charge in [-0.2, -0.15) is 13.2 Å². The van der Waals surface area contributed by atoms with Gasteiger partial charge in [-0.15, -0.1) is 0 Å². The lowest BCUT2D eigenvalue weighted by molar-refractivity contribution is -0.192. The van der Waals surface area contributed by atoms with Crippen LogP contribution in [0.3, 0.4) is 0 Å². The molecule has 50 heavy (non-hydrogen) atoms. The number of amides is 2. The molecular formula is C34H37ClF3N7O5. The first-order valence-corrected chi connectivity index (χ1v) is 16.7. The van der Waals surface area contributed by atoms with Crippen LogP contribution in [0.4, 0.5) is 30.5 Å². The molecule has 1 aromatic carbocycles. The number of fused-ring (bicyclic) bond motifs is 1. The second kappa shape index (κ2) is 16.7. The van der Waals surface area contributed by atoms with Gasteiger partial charge in [-0.3, -0.25) is 14.6 Å². The van der Waals surface area contributed by atoms with Crippen LogP contribution in [0, 0.1) is 5.92 Å². The molecule has 4 N–H and O–H groups in total. The van der Waals surface area contributed by atoms with Crippen LogP contribution in [0.1, 0.15) is 56.2 Å². The molecule has 1 saturated carbocycles. The number of hydrogen-bond acceptors (Lipinski definition) is 9. The lowest BCUT2D eigenvalue weighted by Gasteiger charge is -2.33. The SMILES string of the molecule is O=C(NCc1ccccn1)C1=Cc2c(ncnc2Nc2ccc(OC3CCN(C(=O)C4CCCC4)CC3)c(Cl)c2)NCC1.O=C(O)C(F)(F)F. The molecule has 2 aromatic heterocycles. The maximum Gasteiger partial charge on any atom is 0.490 e. The molecule has 1 aliphatic carbocycles. The first-order valence-electron chi connectivity index (χ1n) is 16.3. The predicted molar refractivity (Wildman–Crippen MR) is 180 cm³/mol. The van der Waals surface area contributed by atoms with Crippen molar-refractivity contribution in [1.82, 2.24) is 25.2 Å². The third-order valence-electron chi connectivity index (χ3n) is 8.53. The van der Waals surface area contributed by atoms with Crippen LogP contribution in [0.25, 0.3) is 6.08 Å². The van der Waals surface area contributed by atoms with Crippen LogP contribution >= 0.6 is 11.6 Å². The minimum Gasteiger partial charge on any atom is -0.489 e. The van der Waals surface area contributed by atoms with Crippen LogP contribution < -0.4 is 20.7 Å². The van der Waals surface area contributed by atoms with Gasteiger partial charge in [0.1, 0.15) is 29.8 Å². The predicted octanol–water partition coefficient (Wildman–Crippen LogP) is 5.98. The Morgan fingerprint density at radius 1 is 1.04 bits per heavy atom. The van der Waals surface area contributed by atoms with Crippen LogP contribution in [-0.2, 0) is 20.9 Å². The third-order valence-corrected chi connectivity index (χ3v) is 8.82. The summed E-state index contributed by atoms with van der Waals surface area (Å²) in [4.78, 5) is 49.8. The Bertz CT molecular complexity index is 1700. The van der Waals surface area contributed by atoms with Gasteiger partial charge in [-0.25, -0.2) is 14.8 Å². The topological polar surface area (TPSA) is 159 Å². The van der Waals surface area contributed by atoms with E-state index in [1.807, 2.05) is 41.3 Å². The largest absolute Gasteiger partial charge is 0.490 e. The number of carboxylic acid groups (broad SMARTS) is 1. The number of carbonyl (C=O) groups excluding carboxylic acids is 2. The first kappa shape index (κ1) is 36.4. The number of rotatable bonds is 8. The maximum absolute atomic E-state index is 13.0. The van der Waals surface area contributed by atoms with E-state index in [0.29, 0.717) is 59.0 Å². The zero-order chi connectivity index (χ0) is 35.7. The molecule has 3 aromatic rings. The number of hydrogen-bond donors (Lipinski definition) is 4. The number of aliphatic carboxylic acids is 1. The van der Waals surface area contributed by atoms with Gasteiger partial charge in [-0.05, 0) is 55.7 Å². The maximum atomic E-state index is 13.0. The summed E-state index contributed by atoms with van der Waals surface area (Å²) < 4.78 is 38.0. The van der Waals surface area contributed by atoms with Crippen molar-refractivity contribution in [2.75, 3.05) is 30.3 Å². The molecule has 2 amide bonds. The highest BCUT2D eigenvalue weighted by Crippen LogP contribution is 2.34. The highest BCUT2D eigenvalue weighted by atomic mass is 35.5. The molecule has 2 fully saturated rings. The summed E-state index contributed by atoms with van der Waals surface area (Å²) in [6, 6.07) is 11.2. The molecule has 0 unspecified atom stereocenters. The molecule has 0 radical (unpaired) electrons. The van der Waals surface area contributed by atoms with E-state index >= 15 is 0 Å². The van der Waals surface area contributed by atoms with Crippen LogP contribution in [-0.4, -0.2) is 74.7 Å². The van der Waals surface area contributed by atoms with Gasteiger partial charge in [0.15, 0.2) is 0 Å². The van der Waals surface area contributed by atoms with E-state index in [1.54, 1.807) is 12.3 Å².